The zero-order chi connectivity index (χ0) is 16.4. The number of aryl methyl sites for hydroxylation is 2. The fourth-order valence-electron chi connectivity index (χ4n) is 3.11. The maximum Gasteiger partial charge on any atom is 0.0541 e. The lowest BCUT2D eigenvalue weighted by atomic mass is 10.1. The molecule has 0 radical (unpaired) electrons. The second kappa shape index (κ2) is 6.29. The second-order valence-corrected chi connectivity index (χ2v) is 5.71. The van der Waals surface area contributed by atoms with Crippen LogP contribution in [0, 0.1) is 13.8 Å². The molecule has 0 bridgehead atoms. The first-order chi connectivity index (χ1) is 11.2. The molecule has 0 amide bonds. The van der Waals surface area contributed by atoms with Gasteiger partial charge in [0.05, 0.1) is 11.0 Å². The van der Waals surface area contributed by atoms with Gasteiger partial charge < -0.3 is 4.57 Å². The van der Waals surface area contributed by atoms with Gasteiger partial charge >= 0.3 is 0 Å². The molecule has 1 heterocycles. The number of aromatic nitrogens is 1. The van der Waals surface area contributed by atoms with Gasteiger partial charge in [-0.05, 0) is 50.2 Å². The van der Waals surface area contributed by atoms with Crippen molar-refractivity contribution in [3.63, 3.8) is 0 Å². The van der Waals surface area contributed by atoms with E-state index in [1.807, 2.05) is 13.8 Å². The molecule has 4 rings (SSSR count). The molecule has 0 fully saturated rings. The number of fused-ring (bicyclic) bond motifs is 3. The molecule has 0 N–H and O–H groups in total. The van der Waals surface area contributed by atoms with Gasteiger partial charge in [0.15, 0.2) is 0 Å². The van der Waals surface area contributed by atoms with E-state index in [9.17, 15) is 0 Å². The minimum absolute atomic E-state index is 1.21. The van der Waals surface area contributed by atoms with Crippen molar-refractivity contribution in [2.24, 2.45) is 0 Å². The van der Waals surface area contributed by atoms with Gasteiger partial charge in [-0.1, -0.05) is 55.3 Å². The summed E-state index contributed by atoms with van der Waals surface area (Å²) in [5, 5.41) is 2.66. The summed E-state index contributed by atoms with van der Waals surface area (Å²) in [5.41, 5.74) is 6.36. The second-order valence-electron chi connectivity index (χ2n) is 5.71. The van der Waals surface area contributed by atoms with Crippen LogP contribution < -0.4 is 0 Å². The van der Waals surface area contributed by atoms with Crippen LogP contribution in [0.15, 0.2) is 66.7 Å². The zero-order valence-electron chi connectivity index (χ0n) is 14.3. The standard InChI is InChI=1S/C20H17N.C2H6/c1-14-8-10-19-17(12-14)18-13-15(2)9-11-20(18)21(19)16-6-4-3-5-7-16;1-2/h3-13H,1-2H3;1-2H3. The van der Waals surface area contributed by atoms with Gasteiger partial charge in [-0.25, -0.2) is 0 Å². The lowest BCUT2D eigenvalue weighted by molar-refractivity contribution is 1.18. The first-order valence-electron chi connectivity index (χ1n) is 8.31. The van der Waals surface area contributed by atoms with Crippen molar-refractivity contribution in [2.45, 2.75) is 27.7 Å². The van der Waals surface area contributed by atoms with Crippen LogP contribution in [0.1, 0.15) is 25.0 Å². The van der Waals surface area contributed by atoms with Crippen molar-refractivity contribution in [2.75, 3.05) is 0 Å². The highest BCUT2D eigenvalue weighted by Gasteiger charge is 2.11. The lowest BCUT2D eigenvalue weighted by Crippen LogP contribution is -1.92. The smallest absolute Gasteiger partial charge is 0.0541 e. The van der Waals surface area contributed by atoms with Crippen molar-refractivity contribution >= 4 is 21.8 Å². The Kier molecular flexibility index (Phi) is 4.20. The highest BCUT2D eigenvalue weighted by Crippen LogP contribution is 2.33. The van der Waals surface area contributed by atoms with E-state index < -0.39 is 0 Å². The number of hydrogen-bond donors (Lipinski definition) is 0. The molecular weight excluding hydrogens is 278 g/mol. The van der Waals surface area contributed by atoms with E-state index in [0.29, 0.717) is 0 Å². The summed E-state index contributed by atoms with van der Waals surface area (Å²) in [6.07, 6.45) is 0. The molecule has 0 atom stereocenters. The summed E-state index contributed by atoms with van der Waals surface area (Å²) in [7, 11) is 0. The Labute approximate surface area is 138 Å². The third-order valence-corrected chi connectivity index (χ3v) is 4.09. The van der Waals surface area contributed by atoms with Crippen molar-refractivity contribution in [1.82, 2.24) is 4.57 Å². The van der Waals surface area contributed by atoms with Crippen LogP contribution >= 0.6 is 0 Å². The largest absolute Gasteiger partial charge is 0.309 e. The first-order valence-corrected chi connectivity index (χ1v) is 8.31. The molecular formula is C22H23N. The lowest BCUT2D eigenvalue weighted by Gasteiger charge is -2.07. The number of hydrogen-bond acceptors (Lipinski definition) is 0. The maximum absolute atomic E-state index is 2.35. The van der Waals surface area contributed by atoms with Crippen LogP contribution in [0.5, 0.6) is 0 Å². The normalized spacial score (nSPS) is 10.6. The molecule has 0 saturated carbocycles. The molecule has 0 aliphatic rings. The van der Waals surface area contributed by atoms with Crippen LogP contribution in [0.2, 0.25) is 0 Å². The van der Waals surface area contributed by atoms with Gasteiger partial charge in [-0.15, -0.1) is 0 Å². The SMILES string of the molecule is CC.Cc1ccc2c(c1)c1cc(C)ccc1n2-c1ccccc1. The zero-order valence-corrected chi connectivity index (χ0v) is 14.3. The van der Waals surface area contributed by atoms with Crippen molar-refractivity contribution in [3.05, 3.63) is 77.9 Å². The fraction of sp³-hybridized carbons (Fsp3) is 0.182. The molecule has 0 aliphatic carbocycles. The third kappa shape index (κ3) is 2.63. The van der Waals surface area contributed by atoms with Crippen LogP contribution in [-0.4, -0.2) is 4.57 Å². The summed E-state index contributed by atoms with van der Waals surface area (Å²) >= 11 is 0. The average Bonchev–Trinajstić information content (AvgIpc) is 2.90. The van der Waals surface area contributed by atoms with Crippen LogP contribution in [0.25, 0.3) is 27.5 Å². The van der Waals surface area contributed by atoms with Gasteiger partial charge in [-0.2, -0.15) is 0 Å². The van der Waals surface area contributed by atoms with Crippen molar-refractivity contribution in [3.8, 4) is 5.69 Å². The summed E-state index contributed by atoms with van der Waals surface area (Å²) < 4.78 is 2.35. The van der Waals surface area contributed by atoms with E-state index in [0.717, 1.165) is 0 Å². The Morgan fingerprint density at radius 2 is 1.09 bits per heavy atom. The highest BCUT2D eigenvalue weighted by molar-refractivity contribution is 6.09. The quantitative estimate of drug-likeness (QED) is 0.382. The molecule has 1 aromatic heterocycles. The minimum atomic E-state index is 1.21. The van der Waals surface area contributed by atoms with E-state index >= 15 is 0 Å². The molecule has 0 spiro atoms. The number of benzene rings is 3. The number of nitrogens with zero attached hydrogens (tertiary/aromatic N) is 1. The Morgan fingerprint density at radius 1 is 0.609 bits per heavy atom. The van der Waals surface area contributed by atoms with E-state index in [1.165, 1.54) is 38.6 Å². The summed E-state index contributed by atoms with van der Waals surface area (Å²) in [6, 6.07) is 24.0. The summed E-state index contributed by atoms with van der Waals surface area (Å²) in [4.78, 5) is 0. The van der Waals surface area contributed by atoms with Gasteiger partial charge in [0.25, 0.3) is 0 Å². The molecule has 23 heavy (non-hydrogen) atoms. The number of para-hydroxylation sites is 1. The Balaban J connectivity index is 0.000000753. The summed E-state index contributed by atoms with van der Waals surface area (Å²) in [6.45, 7) is 8.31. The van der Waals surface area contributed by atoms with Crippen molar-refractivity contribution in [1.29, 1.82) is 0 Å². The highest BCUT2D eigenvalue weighted by atomic mass is 15.0. The molecule has 0 unspecified atom stereocenters. The van der Waals surface area contributed by atoms with E-state index in [2.05, 4.69) is 85.1 Å². The molecule has 4 aromatic rings. The minimum Gasteiger partial charge on any atom is -0.309 e. The van der Waals surface area contributed by atoms with Gasteiger partial charge in [-0.3, -0.25) is 0 Å². The topological polar surface area (TPSA) is 4.93 Å². The molecule has 3 aromatic carbocycles. The molecule has 1 nitrogen and oxygen atoms in total. The van der Waals surface area contributed by atoms with Crippen LogP contribution in [-0.2, 0) is 0 Å². The maximum atomic E-state index is 2.35. The van der Waals surface area contributed by atoms with Crippen LogP contribution in [0.4, 0.5) is 0 Å². The molecule has 116 valence electrons. The third-order valence-electron chi connectivity index (χ3n) is 4.09. The monoisotopic (exact) mass is 301 g/mol. The van der Waals surface area contributed by atoms with E-state index in [1.54, 1.807) is 0 Å². The Bertz CT molecular complexity index is 887. The van der Waals surface area contributed by atoms with E-state index in [-0.39, 0.29) is 0 Å². The average molecular weight is 301 g/mol. The summed E-state index contributed by atoms with van der Waals surface area (Å²) in [5.74, 6) is 0. The molecule has 0 aliphatic heterocycles. The van der Waals surface area contributed by atoms with E-state index in [4.69, 9.17) is 0 Å². The van der Waals surface area contributed by atoms with Gasteiger partial charge in [0.1, 0.15) is 0 Å². The Hall–Kier alpha value is -2.54. The Morgan fingerprint density at radius 3 is 1.57 bits per heavy atom. The number of rotatable bonds is 1. The molecule has 1 heteroatoms. The van der Waals surface area contributed by atoms with Crippen molar-refractivity contribution < 1.29 is 0 Å². The first kappa shape index (κ1) is 15.4. The van der Waals surface area contributed by atoms with Crippen LogP contribution in [0.3, 0.4) is 0 Å². The fourth-order valence-corrected chi connectivity index (χ4v) is 3.11. The van der Waals surface area contributed by atoms with Gasteiger partial charge in [0, 0.05) is 16.5 Å². The molecule has 0 saturated heterocycles. The van der Waals surface area contributed by atoms with Gasteiger partial charge in [0.2, 0.25) is 0 Å². The predicted octanol–water partition coefficient (Wildman–Crippen LogP) is 6.43. The predicted molar refractivity (Wildman–Crippen MR) is 102 cm³/mol.